The third kappa shape index (κ3) is 3.03. The summed E-state index contributed by atoms with van der Waals surface area (Å²) in [5.74, 6) is -0.355. The molecule has 0 radical (unpaired) electrons. The number of benzene rings is 2. The molecule has 0 saturated carbocycles. The molecule has 4 nitrogen and oxygen atoms in total. The number of hydrogen-bond acceptors (Lipinski definition) is 3. The van der Waals surface area contributed by atoms with E-state index in [4.69, 9.17) is 11.6 Å². The number of nitro benzene ring substituents is 1. The number of aryl methyl sites for hydroxylation is 1. The maximum atomic E-state index is 12.3. The number of carbonyl (C=O) groups excluding carboxylic acids is 1. The van der Waals surface area contributed by atoms with Gasteiger partial charge in [-0.15, -0.1) is 0 Å². The van der Waals surface area contributed by atoms with Gasteiger partial charge in [0.1, 0.15) is 5.56 Å². The van der Waals surface area contributed by atoms with Crippen LogP contribution in [-0.2, 0) is 6.42 Å². The zero-order valence-corrected chi connectivity index (χ0v) is 11.6. The number of ketones is 1. The Labute approximate surface area is 121 Å². The summed E-state index contributed by atoms with van der Waals surface area (Å²) in [4.78, 5) is 22.6. The first kappa shape index (κ1) is 14.2. The van der Waals surface area contributed by atoms with Crippen molar-refractivity contribution >= 4 is 23.1 Å². The van der Waals surface area contributed by atoms with Crippen LogP contribution in [0.4, 0.5) is 5.69 Å². The summed E-state index contributed by atoms with van der Waals surface area (Å²) in [7, 11) is 0. The molecule has 5 heteroatoms. The van der Waals surface area contributed by atoms with Gasteiger partial charge in [0.2, 0.25) is 0 Å². The first-order chi connectivity index (χ1) is 9.49. The van der Waals surface area contributed by atoms with Crippen LogP contribution < -0.4 is 0 Å². The van der Waals surface area contributed by atoms with E-state index in [2.05, 4.69) is 0 Å². The van der Waals surface area contributed by atoms with Crippen LogP contribution in [0, 0.1) is 17.0 Å². The fourth-order valence-electron chi connectivity index (χ4n) is 1.92. The van der Waals surface area contributed by atoms with Crippen LogP contribution in [0.2, 0.25) is 5.02 Å². The maximum absolute atomic E-state index is 12.3. The Balaban J connectivity index is 2.34. The summed E-state index contributed by atoms with van der Waals surface area (Å²) in [5.41, 5.74) is 1.61. The van der Waals surface area contributed by atoms with Crippen LogP contribution in [0.3, 0.4) is 0 Å². The van der Waals surface area contributed by atoms with E-state index >= 15 is 0 Å². The molecule has 0 aliphatic carbocycles. The van der Waals surface area contributed by atoms with Crippen molar-refractivity contribution in [2.45, 2.75) is 13.3 Å². The maximum Gasteiger partial charge on any atom is 0.281 e. The second-order valence-electron chi connectivity index (χ2n) is 4.48. The molecular formula is C15H12ClNO3. The van der Waals surface area contributed by atoms with Gasteiger partial charge < -0.3 is 0 Å². The van der Waals surface area contributed by atoms with Crippen molar-refractivity contribution < 1.29 is 9.72 Å². The molecule has 102 valence electrons. The van der Waals surface area contributed by atoms with Gasteiger partial charge in [-0.2, -0.15) is 0 Å². The molecule has 0 spiro atoms. The number of Topliss-reactive ketones (excluding diaryl/α,β-unsaturated/α-hetero) is 1. The molecule has 0 aromatic heterocycles. The van der Waals surface area contributed by atoms with Crippen LogP contribution >= 0.6 is 11.6 Å². The highest BCUT2D eigenvalue weighted by atomic mass is 35.5. The van der Waals surface area contributed by atoms with Crippen molar-refractivity contribution in [2.24, 2.45) is 0 Å². The Morgan fingerprint density at radius 2 is 1.85 bits per heavy atom. The fraction of sp³-hybridized carbons (Fsp3) is 0.133. The third-order valence-corrected chi connectivity index (χ3v) is 3.27. The zero-order valence-electron chi connectivity index (χ0n) is 10.8. The molecule has 0 amide bonds. The number of carbonyl (C=O) groups is 1. The van der Waals surface area contributed by atoms with Crippen LogP contribution in [0.25, 0.3) is 0 Å². The quantitative estimate of drug-likeness (QED) is 0.486. The van der Waals surface area contributed by atoms with Gasteiger partial charge >= 0.3 is 0 Å². The van der Waals surface area contributed by atoms with E-state index in [9.17, 15) is 14.9 Å². The van der Waals surface area contributed by atoms with Crippen molar-refractivity contribution in [1.82, 2.24) is 0 Å². The average molecular weight is 290 g/mol. The van der Waals surface area contributed by atoms with Crippen LogP contribution in [0.5, 0.6) is 0 Å². The predicted octanol–water partition coefficient (Wildman–Crippen LogP) is 3.98. The smallest absolute Gasteiger partial charge is 0.281 e. The normalized spacial score (nSPS) is 10.3. The Hall–Kier alpha value is -2.20. The summed E-state index contributed by atoms with van der Waals surface area (Å²) in [6, 6.07) is 11.7. The lowest BCUT2D eigenvalue weighted by Gasteiger charge is -2.05. The highest BCUT2D eigenvalue weighted by molar-refractivity contribution is 6.34. The van der Waals surface area contributed by atoms with E-state index in [0.717, 1.165) is 11.1 Å². The summed E-state index contributed by atoms with van der Waals surface area (Å²) in [6.07, 6.45) is 0.0881. The van der Waals surface area contributed by atoms with E-state index < -0.39 is 4.92 Å². The fourth-order valence-corrected chi connectivity index (χ4v) is 2.20. The monoisotopic (exact) mass is 289 g/mol. The summed E-state index contributed by atoms with van der Waals surface area (Å²) in [5, 5.41) is 11.1. The zero-order chi connectivity index (χ0) is 14.7. The lowest BCUT2D eigenvalue weighted by atomic mass is 10.0. The first-order valence-electron chi connectivity index (χ1n) is 6.00. The topological polar surface area (TPSA) is 60.2 Å². The van der Waals surface area contributed by atoms with E-state index in [1.54, 1.807) is 0 Å². The minimum Gasteiger partial charge on any atom is -0.293 e. The highest BCUT2D eigenvalue weighted by Crippen LogP contribution is 2.27. The molecule has 0 bridgehead atoms. The first-order valence-corrected chi connectivity index (χ1v) is 6.38. The van der Waals surface area contributed by atoms with Crippen molar-refractivity contribution in [3.63, 3.8) is 0 Å². The minimum atomic E-state index is -0.589. The average Bonchev–Trinajstić information content (AvgIpc) is 2.40. The summed E-state index contributed by atoms with van der Waals surface area (Å²) < 4.78 is 0. The Morgan fingerprint density at radius 3 is 2.45 bits per heavy atom. The van der Waals surface area contributed by atoms with Gasteiger partial charge in [-0.3, -0.25) is 14.9 Å². The molecule has 20 heavy (non-hydrogen) atoms. The number of nitro groups is 1. The van der Waals surface area contributed by atoms with Crippen molar-refractivity contribution in [3.05, 3.63) is 74.3 Å². The molecule has 0 aliphatic heterocycles. The van der Waals surface area contributed by atoms with Gasteiger partial charge in [-0.05, 0) is 18.6 Å². The molecule has 0 saturated heterocycles. The van der Waals surface area contributed by atoms with Crippen LogP contribution in [-0.4, -0.2) is 10.7 Å². The Bertz CT molecular complexity index is 665. The van der Waals surface area contributed by atoms with Gasteiger partial charge in [0.05, 0.1) is 9.95 Å². The van der Waals surface area contributed by atoms with Crippen molar-refractivity contribution in [3.8, 4) is 0 Å². The van der Waals surface area contributed by atoms with Gasteiger partial charge in [0, 0.05) is 12.5 Å². The number of halogens is 1. The third-order valence-electron chi connectivity index (χ3n) is 2.95. The summed E-state index contributed by atoms with van der Waals surface area (Å²) in [6.45, 7) is 1.95. The second-order valence-corrected chi connectivity index (χ2v) is 4.88. The van der Waals surface area contributed by atoms with Crippen molar-refractivity contribution in [2.75, 3.05) is 0 Å². The largest absolute Gasteiger partial charge is 0.293 e. The molecule has 0 heterocycles. The van der Waals surface area contributed by atoms with Crippen LogP contribution in [0.15, 0.2) is 42.5 Å². The van der Waals surface area contributed by atoms with Crippen LogP contribution in [0.1, 0.15) is 21.5 Å². The lowest BCUT2D eigenvalue weighted by Crippen LogP contribution is -2.08. The predicted molar refractivity (Wildman–Crippen MR) is 77.3 cm³/mol. The number of nitrogens with zero attached hydrogens (tertiary/aromatic N) is 1. The van der Waals surface area contributed by atoms with E-state index in [1.807, 2.05) is 31.2 Å². The second kappa shape index (κ2) is 5.84. The number of hydrogen-bond donors (Lipinski definition) is 0. The molecule has 0 aliphatic rings. The van der Waals surface area contributed by atoms with Crippen molar-refractivity contribution in [1.29, 1.82) is 0 Å². The number of rotatable bonds is 4. The SMILES string of the molecule is Cc1ccc(CC(=O)c2c(Cl)cccc2[N+](=O)[O-])cc1. The van der Waals surface area contributed by atoms with Gasteiger partial charge in [-0.1, -0.05) is 47.5 Å². The Morgan fingerprint density at radius 1 is 1.20 bits per heavy atom. The standard InChI is InChI=1S/C15H12ClNO3/c1-10-5-7-11(8-6-10)9-14(18)15-12(16)3-2-4-13(15)17(19)20/h2-8H,9H2,1H3. The molecule has 0 N–H and O–H groups in total. The minimum absolute atomic E-state index is 0.0280. The lowest BCUT2D eigenvalue weighted by molar-refractivity contribution is -0.385. The van der Waals surface area contributed by atoms with Gasteiger partial charge in [0.15, 0.2) is 5.78 Å². The van der Waals surface area contributed by atoms with E-state index in [-0.39, 0.29) is 28.5 Å². The van der Waals surface area contributed by atoms with Gasteiger partial charge in [-0.25, -0.2) is 0 Å². The van der Waals surface area contributed by atoms with Gasteiger partial charge in [0.25, 0.3) is 5.69 Å². The molecule has 2 rings (SSSR count). The molecule has 0 fully saturated rings. The Kier molecular flexibility index (Phi) is 4.15. The molecular weight excluding hydrogens is 278 g/mol. The van der Waals surface area contributed by atoms with E-state index in [0.29, 0.717) is 0 Å². The van der Waals surface area contributed by atoms with E-state index in [1.165, 1.54) is 18.2 Å². The highest BCUT2D eigenvalue weighted by Gasteiger charge is 2.23. The molecule has 2 aromatic rings. The molecule has 0 atom stereocenters. The summed E-state index contributed by atoms with van der Waals surface area (Å²) >= 11 is 5.93. The molecule has 2 aromatic carbocycles. The molecule has 0 unspecified atom stereocenters.